The van der Waals surface area contributed by atoms with Gasteiger partial charge in [-0.1, -0.05) is 23.7 Å². The number of carbonyl (C=O) groups excluding carboxylic acids is 1. The number of nitrogens with one attached hydrogen (secondary N) is 1. The molecule has 1 aliphatic carbocycles. The average molecular weight is 573 g/mol. The van der Waals surface area contributed by atoms with Crippen molar-refractivity contribution >= 4 is 28.5 Å². The number of carbonyl (C=O) groups is 1. The molecule has 1 aliphatic rings. The van der Waals surface area contributed by atoms with E-state index in [4.69, 9.17) is 21.4 Å². The van der Waals surface area contributed by atoms with Gasteiger partial charge >= 0.3 is 5.69 Å². The Morgan fingerprint density at radius 1 is 1.10 bits per heavy atom. The molecule has 0 spiro atoms. The topological polar surface area (TPSA) is 124 Å². The first-order valence-electron chi connectivity index (χ1n) is 12.9. The standard InChI is InChI=1S/C27H27ClF2N6O4/c28-17-11-19(24(25(29)30)33-12-17)26(38)34-18-7-5-16(6-8-18)15-35-20-3-1-2-4-21(20)36(27(35)39)22-13-32-23(14-31-22)40-10-9-37/h1-4,11-14,16,18,25,37H,5-10,15H2,(H,34,38). The molecule has 210 valence electrons. The Bertz CT molecular complexity index is 1550. The SMILES string of the molecule is O=C(NC1CCC(Cn2c(=O)n(-c3cnc(OCCO)cn3)c3ccccc32)CC1)c1cc(Cl)cnc1C(F)F. The van der Waals surface area contributed by atoms with Crippen molar-refractivity contribution in [2.45, 2.75) is 44.7 Å². The van der Waals surface area contributed by atoms with Crippen LogP contribution in [0, 0.1) is 5.92 Å². The van der Waals surface area contributed by atoms with Gasteiger partial charge in [-0.2, -0.15) is 0 Å². The molecule has 0 atom stereocenters. The molecule has 2 N–H and O–H groups in total. The van der Waals surface area contributed by atoms with Crippen LogP contribution in [-0.2, 0) is 6.54 Å². The normalized spacial score (nSPS) is 17.3. The molecular formula is C27H27ClF2N6O4. The molecule has 1 aromatic carbocycles. The van der Waals surface area contributed by atoms with Gasteiger partial charge in [0.15, 0.2) is 5.82 Å². The Labute approximate surface area is 232 Å². The molecule has 0 bridgehead atoms. The molecule has 5 rings (SSSR count). The zero-order chi connectivity index (χ0) is 28.2. The Balaban J connectivity index is 1.28. The van der Waals surface area contributed by atoms with Gasteiger partial charge < -0.3 is 15.2 Å². The fraction of sp³-hybridized carbons (Fsp3) is 0.370. The number of nitrogens with zero attached hydrogens (tertiary/aromatic N) is 5. The summed E-state index contributed by atoms with van der Waals surface area (Å²) >= 11 is 5.89. The fourth-order valence-corrected chi connectivity index (χ4v) is 5.23. The number of pyridine rings is 1. The highest BCUT2D eigenvalue weighted by atomic mass is 35.5. The van der Waals surface area contributed by atoms with Crippen molar-refractivity contribution in [2.24, 2.45) is 5.92 Å². The van der Waals surface area contributed by atoms with E-state index >= 15 is 0 Å². The molecule has 1 saturated carbocycles. The number of benzene rings is 1. The largest absolute Gasteiger partial charge is 0.474 e. The zero-order valence-electron chi connectivity index (χ0n) is 21.3. The van der Waals surface area contributed by atoms with Gasteiger partial charge in [-0.15, -0.1) is 0 Å². The third kappa shape index (κ3) is 5.82. The molecule has 0 radical (unpaired) electrons. The van der Waals surface area contributed by atoms with Crippen LogP contribution >= 0.6 is 11.6 Å². The van der Waals surface area contributed by atoms with Gasteiger partial charge in [0.25, 0.3) is 12.3 Å². The maximum Gasteiger partial charge on any atom is 0.334 e. The molecule has 4 aromatic rings. The summed E-state index contributed by atoms with van der Waals surface area (Å²) in [6.07, 6.45) is 3.82. The number of aliphatic hydroxyl groups is 1. The Morgan fingerprint density at radius 2 is 1.85 bits per heavy atom. The summed E-state index contributed by atoms with van der Waals surface area (Å²) in [5.74, 6) is 0.147. The van der Waals surface area contributed by atoms with Crippen molar-refractivity contribution < 1.29 is 23.4 Å². The number of rotatable bonds is 9. The van der Waals surface area contributed by atoms with Gasteiger partial charge in [0.1, 0.15) is 12.3 Å². The third-order valence-electron chi connectivity index (χ3n) is 6.98. The van der Waals surface area contributed by atoms with Crippen molar-refractivity contribution in [2.75, 3.05) is 13.2 Å². The van der Waals surface area contributed by atoms with Crippen LogP contribution < -0.4 is 15.7 Å². The summed E-state index contributed by atoms with van der Waals surface area (Å²) in [6, 6.07) is 8.45. The Morgan fingerprint density at radius 3 is 2.52 bits per heavy atom. The lowest BCUT2D eigenvalue weighted by Crippen LogP contribution is -2.39. The summed E-state index contributed by atoms with van der Waals surface area (Å²) in [7, 11) is 0. The van der Waals surface area contributed by atoms with Crippen molar-refractivity contribution in [3.63, 3.8) is 0 Å². The van der Waals surface area contributed by atoms with E-state index in [0.29, 0.717) is 30.7 Å². The number of aliphatic hydroxyl groups excluding tert-OH is 1. The van der Waals surface area contributed by atoms with E-state index in [2.05, 4.69) is 20.3 Å². The minimum absolute atomic E-state index is 0.0910. The molecule has 0 unspecified atom stereocenters. The van der Waals surface area contributed by atoms with Gasteiger partial charge in [0, 0.05) is 18.8 Å². The van der Waals surface area contributed by atoms with Crippen molar-refractivity contribution in [3.05, 3.63) is 75.7 Å². The van der Waals surface area contributed by atoms with Crippen LogP contribution in [0.15, 0.2) is 53.7 Å². The second kappa shape index (κ2) is 12.1. The smallest absolute Gasteiger partial charge is 0.334 e. The summed E-state index contributed by atoms with van der Waals surface area (Å²) in [5, 5.41) is 11.9. The van der Waals surface area contributed by atoms with E-state index in [1.807, 2.05) is 24.3 Å². The number of fused-ring (bicyclic) bond motifs is 1. The van der Waals surface area contributed by atoms with Gasteiger partial charge in [0.2, 0.25) is 5.88 Å². The van der Waals surface area contributed by atoms with E-state index < -0.39 is 18.0 Å². The minimum atomic E-state index is -2.89. The van der Waals surface area contributed by atoms with Crippen LogP contribution in [0.3, 0.4) is 0 Å². The Hall–Kier alpha value is -3.90. The molecule has 1 amide bonds. The number of amides is 1. The van der Waals surface area contributed by atoms with E-state index in [0.717, 1.165) is 24.6 Å². The highest BCUT2D eigenvalue weighted by Gasteiger charge is 2.27. The lowest BCUT2D eigenvalue weighted by molar-refractivity contribution is 0.0904. The summed E-state index contributed by atoms with van der Waals surface area (Å²) in [5.41, 5.74) is 0.390. The second-order valence-corrected chi connectivity index (χ2v) is 10.0. The molecule has 0 saturated heterocycles. The number of para-hydroxylation sites is 2. The number of halogens is 3. The molecule has 3 aromatic heterocycles. The van der Waals surface area contributed by atoms with Gasteiger partial charge in [-0.3, -0.25) is 14.3 Å². The lowest BCUT2D eigenvalue weighted by Gasteiger charge is -2.29. The van der Waals surface area contributed by atoms with Gasteiger partial charge in [-0.25, -0.2) is 28.1 Å². The Kier molecular flexibility index (Phi) is 8.36. The highest BCUT2D eigenvalue weighted by molar-refractivity contribution is 6.30. The molecule has 13 heteroatoms. The van der Waals surface area contributed by atoms with Crippen molar-refractivity contribution in [1.29, 1.82) is 0 Å². The van der Waals surface area contributed by atoms with E-state index in [1.165, 1.54) is 23.0 Å². The lowest BCUT2D eigenvalue weighted by atomic mass is 9.85. The van der Waals surface area contributed by atoms with Crippen molar-refractivity contribution in [3.8, 4) is 11.7 Å². The minimum Gasteiger partial charge on any atom is -0.474 e. The van der Waals surface area contributed by atoms with Gasteiger partial charge in [-0.05, 0) is 49.8 Å². The number of imidazole rings is 1. The first-order chi connectivity index (χ1) is 19.4. The van der Waals surface area contributed by atoms with Gasteiger partial charge in [0.05, 0.1) is 40.6 Å². The molecule has 3 heterocycles. The number of hydrogen-bond acceptors (Lipinski definition) is 7. The second-order valence-electron chi connectivity index (χ2n) is 9.58. The van der Waals surface area contributed by atoms with Crippen LogP contribution in [0.25, 0.3) is 16.9 Å². The van der Waals surface area contributed by atoms with Crippen molar-refractivity contribution in [1.82, 2.24) is 29.4 Å². The third-order valence-corrected chi connectivity index (χ3v) is 7.19. The number of hydrogen-bond donors (Lipinski definition) is 2. The fourth-order valence-electron chi connectivity index (χ4n) is 5.07. The number of aromatic nitrogens is 5. The predicted octanol–water partition coefficient (Wildman–Crippen LogP) is 3.93. The van der Waals surface area contributed by atoms with Crippen LogP contribution in [0.4, 0.5) is 8.78 Å². The molecule has 0 aliphatic heterocycles. The summed E-state index contributed by atoms with van der Waals surface area (Å²) < 4.78 is 35.2. The maximum absolute atomic E-state index is 13.6. The highest BCUT2D eigenvalue weighted by Crippen LogP contribution is 2.28. The summed E-state index contributed by atoms with van der Waals surface area (Å²) in [6.45, 7) is 0.420. The molecule has 40 heavy (non-hydrogen) atoms. The van der Waals surface area contributed by atoms with Crippen LogP contribution in [-0.4, -0.2) is 54.4 Å². The van der Waals surface area contributed by atoms with E-state index in [1.54, 1.807) is 4.57 Å². The molecular weight excluding hydrogens is 546 g/mol. The van der Waals surface area contributed by atoms with Crippen LogP contribution in [0.5, 0.6) is 5.88 Å². The van der Waals surface area contributed by atoms with E-state index in [9.17, 15) is 18.4 Å². The monoisotopic (exact) mass is 572 g/mol. The first-order valence-corrected chi connectivity index (χ1v) is 13.2. The maximum atomic E-state index is 13.6. The number of alkyl halides is 2. The molecule has 1 fully saturated rings. The predicted molar refractivity (Wildman–Crippen MR) is 143 cm³/mol. The molecule has 10 nitrogen and oxygen atoms in total. The van der Waals surface area contributed by atoms with Crippen LogP contribution in [0.1, 0.15) is 48.2 Å². The van der Waals surface area contributed by atoms with Crippen LogP contribution in [0.2, 0.25) is 5.02 Å². The summed E-state index contributed by atoms with van der Waals surface area (Å²) in [4.78, 5) is 38.5. The van der Waals surface area contributed by atoms with E-state index in [-0.39, 0.29) is 47.3 Å². The number of ether oxygens (including phenoxy) is 1. The quantitative estimate of drug-likeness (QED) is 0.311. The average Bonchev–Trinajstić information content (AvgIpc) is 3.23. The zero-order valence-corrected chi connectivity index (χ0v) is 22.1. The first kappa shape index (κ1) is 27.7.